The summed E-state index contributed by atoms with van der Waals surface area (Å²) in [7, 11) is -3.63. The summed E-state index contributed by atoms with van der Waals surface area (Å²) in [6.07, 6.45) is 1.87. The predicted octanol–water partition coefficient (Wildman–Crippen LogP) is -0.863. The Bertz CT molecular complexity index is 469. The number of aliphatic hydroxyl groups is 1. The summed E-state index contributed by atoms with van der Waals surface area (Å²) in [5.41, 5.74) is 5.48. The number of nitrogen functional groups attached to an aromatic ring is 1. The van der Waals surface area contributed by atoms with Crippen LogP contribution in [0.5, 0.6) is 0 Å². The van der Waals surface area contributed by atoms with Gasteiger partial charge >= 0.3 is 0 Å². The van der Waals surface area contributed by atoms with Crippen LogP contribution in [0.25, 0.3) is 0 Å². The molecule has 0 aliphatic carbocycles. The number of nitrogens with zero attached hydrogens (tertiary/aromatic N) is 2. The van der Waals surface area contributed by atoms with E-state index in [1.54, 1.807) is 0 Å². The van der Waals surface area contributed by atoms with Gasteiger partial charge in [0.25, 0.3) is 0 Å². The number of sulfonamides is 1. The molecule has 1 fully saturated rings. The molecular weight excluding hydrogens is 232 g/mol. The number of aliphatic hydroxyl groups excluding tert-OH is 1. The van der Waals surface area contributed by atoms with Gasteiger partial charge in [0.2, 0.25) is 10.0 Å². The van der Waals surface area contributed by atoms with Gasteiger partial charge in [-0.15, -0.1) is 0 Å². The van der Waals surface area contributed by atoms with Gasteiger partial charge < -0.3 is 10.8 Å². The molecule has 7 nitrogen and oxygen atoms in total. The van der Waals surface area contributed by atoms with Crippen LogP contribution in [-0.2, 0) is 10.0 Å². The second-order valence-electron chi connectivity index (χ2n) is 3.81. The second kappa shape index (κ2) is 4.04. The lowest BCUT2D eigenvalue weighted by atomic mass is 10.1. The van der Waals surface area contributed by atoms with Crippen molar-refractivity contribution >= 4 is 15.8 Å². The van der Waals surface area contributed by atoms with E-state index in [1.807, 2.05) is 0 Å². The van der Waals surface area contributed by atoms with Crippen LogP contribution < -0.4 is 5.73 Å². The topological polar surface area (TPSA) is 112 Å². The molecule has 90 valence electrons. The van der Waals surface area contributed by atoms with Crippen molar-refractivity contribution < 1.29 is 13.5 Å². The third-order valence-electron chi connectivity index (χ3n) is 2.61. The third kappa shape index (κ3) is 1.91. The van der Waals surface area contributed by atoms with Crippen LogP contribution in [0.1, 0.15) is 12.8 Å². The van der Waals surface area contributed by atoms with Crippen LogP contribution >= 0.6 is 0 Å². The molecule has 0 amide bonds. The molecule has 0 spiro atoms. The number of nitrogens with one attached hydrogen (secondary N) is 1. The lowest BCUT2D eigenvalue weighted by Crippen LogP contribution is -2.42. The van der Waals surface area contributed by atoms with E-state index in [0.29, 0.717) is 19.4 Å². The number of hydrogen-bond donors (Lipinski definition) is 3. The fourth-order valence-corrected chi connectivity index (χ4v) is 3.29. The second-order valence-corrected chi connectivity index (χ2v) is 5.71. The highest BCUT2D eigenvalue weighted by molar-refractivity contribution is 7.89. The van der Waals surface area contributed by atoms with Crippen LogP contribution in [0, 0.1) is 0 Å². The molecule has 1 atom stereocenters. The monoisotopic (exact) mass is 246 g/mol. The lowest BCUT2D eigenvalue weighted by molar-refractivity contribution is 0.108. The van der Waals surface area contributed by atoms with Crippen molar-refractivity contribution in [3.05, 3.63) is 6.20 Å². The molecule has 4 N–H and O–H groups in total. The zero-order valence-corrected chi connectivity index (χ0v) is 9.44. The molecule has 2 rings (SSSR count). The Hall–Kier alpha value is -1.12. The average Bonchev–Trinajstić information content (AvgIpc) is 2.65. The van der Waals surface area contributed by atoms with Gasteiger partial charge in [0.15, 0.2) is 0 Å². The first-order chi connectivity index (χ1) is 7.51. The summed E-state index contributed by atoms with van der Waals surface area (Å²) in [6, 6.07) is 0. The molecule has 1 saturated heterocycles. The van der Waals surface area contributed by atoms with Gasteiger partial charge in [-0.1, -0.05) is 0 Å². The first-order valence-electron chi connectivity index (χ1n) is 4.99. The summed E-state index contributed by atoms with van der Waals surface area (Å²) in [5, 5.41) is 15.4. The summed E-state index contributed by atoms with van der Waals surface area (Å²) in [5.74, 6) is 0.0278. The maximum Gasteiger partial charge on any atom is 0.248 e. The maximum atomic E-state index is 12.1. The molecule has 2 heterocycles. The van der Waals surface area contributed by atoms with Crippen molar-refractivity contribution in [1.82, 2.24) is 14.5 Å². The standard InChI is InChI=1S/C8H14N4O3S/c9-8-7(4-10-11-8)16(14,15)12-3-1-2-6(13)5-12/h4,6,13H,1-3,5H2,(H3,9,10,11)/t6-/m0/s1. The molecule has 1 aromatic heterocycles. The minimum atomic E-state index is -3.63. The number of rotatable bonds is 2. The largest absolute Gasteiger partial charge is 0.392 e. The SMILES string of the molecule is Nc1[nH]ncc1S(=O)(=O)N1CCC[C@H](O)C1. The van der Waals surface area contributed by atoms with E-state index in [1.165, 1.54) is 10.5 Å². The van der Waals surface area contributed by atoms with Crippen molar-refractivity contribution in [3.8, 4) is 0 Å². The van der Waals surface area contributed by atoms with Crippen LogP contribution in [0.3, 0.4) is 0 Å². The Morgan fingerprint density at radius 2 is 2.38 bits per heavy atom. The van der Waals surface area contributed by atoms with Crippen LogP contribution in [-0.4, -0.2) is 47.2 Å². The number of β-amino-alcohol motifs (C(OH)–C–C–N with tert-alkyl or cyclic N) is 1. The molecule has 0 unspecified atom stereocenters. The number of piperidine rings is 1. The quantitative estimate of drug-likeness (QED) is 0.628. The number of hydrogen-bond acceptors (Lipinski definition) is 5. The van der Waals surface area contributed by atoms with Crippen LogP contribution in [0.2, 0.25) is 0 Å². The van der Waals surface area contributed by atoms with E-state index in [-0.39, 0.29) is 17.3 Å². The summed E-state index contributed by atoms with van der Waals surface area (Å²) >= 11 is 0. The molecular formula is C8H14N4O3S. The van der Waals surface area contributed by atoms with Gasteiger partial charge in [-0.3, -0.25) is 5.10 Å². The Morgan fingerprint density at radius 1 is 1.62 bits per heavy atom. The summed E-state index contributed by atoms with van der Waals surface area (Å²) < 4.78 is 25.4. The highest BCUT2D eigenvalue weighted by atomic mass is 32.2. The fourth-order valence-electron chi connectivity index (χ4n) is 1.77. The Kier molecular flexibility index (Phi) is 2.87. The van der Waals surface area contributed by atoms with E-state index in [0.717, 1.165) is 0 Å². The Labute approximate surface area is 93.3 Å². The number of anilines is 1. The van der Waals surface area contributed by atoms with Crippen LogP contribution in [0.15, 0.2) is 11.1 Å². The van der Waals surface area contributed by atoms with Crippen LogP contribution in [0.4, 0.5) is 5.82 Å². The molecule has 16 heavy (non-hydrogen) atoms. The maximum absolute atomic E-state index is 12.1. The molecule has 1 aromatic rings. The third-order valence-corrected chi connectivity index (χ3v) is 4.50. The molecule has 8 heteroatoms. The first kappa shape index (κ1) is 11.4. The minimum Gasteiger partial charge on any atom is -0.392 e. The predicted molar refractivity (Wildman–Crippen MR) is 57.0 cm³/mol. The lowest BCUT2D eigenvalue weighted by Gasteiger charge is -2.28. The van der Waals surface area contributed by atoms with Crippen molar-refractivity contribution in [2.45, 2.75) is 23.8 Å². The number of aromatic nitrogens is 2. The van der Waals surface area contributed by atoms with E-state index < -0.39 is 16.1 Å². The zero-order valence-electron chi connectivity index (χ0n) is 8.63. The minimum absolute atomic E-state index is 0.0263. The number of aromatic amines is 1. The van der Waals surface area contributed by atoms with Crippen molar-refractivity contribution in [2.75, 3.05) is 18.8 Å². The highest BCUT2D eigenvalue weighted by Crippen LogP contribution is 2.23. The van der Waals surface area contributed by atoms with E-state index in [9.17, 15) is 13.5 Å². The van der Waals surface area contributed by atoms with E-state index in [2.05, 4.69) is 10.2 Å². The van der Waals surface area contributed by atoms with Gasteiger partial charge in [-0.2, -0.15) is 9.40 Å². The number of nitrogens with two attached hydrogens (primary N) is 1. The molecule has 0 aromatic carbocycles. The summed E-state index contributed by atoms with van der Waals surface area (Å²) in [6.45, 7) is 0.525. The highest BCUT2D eigenvalue weighted by Gasteiger charge is 2.31. The van der Waals surface area contributed by atoms with Gasteiger partial charge in [-0.25, -0.2) is 8.42 Å². The number of H-pyrrole nitrogens is 1. The van der Waals surface area contributed by atoms with Gasteiger partial charge in [-0.05, 0) is 12.8 Å². The van der Waals surface area contributed by atoms with Crippen molar-refractivity contribution in [3.63, 3.8) is 0 Å². The average molecular weight is 246 g/mol. The van der Waals surface area contributed by atoms with Gasteiger partial charge in [0.1, 0.15) is 10.7 Å². The molecule has 0 saturated carbocycles. The Morgan fingerprint density at radius 3 is 2.94 bits per heavy atom. The first-order valence-corrected chi connectivity index (χ1v) is 6.43. The van der Waals surface area contributed by atoms with Gasteiger partial charge in [0, 0.05) is 13.1 Å². The molecule has 1 aliphatic rings. The van der Waals surface area contributed by atoms with E-state index >= 15 is 0 Å². The molecule has 0 radical (unpaired) electrons. The van der Waals surface area contributed by atoms with Crippen molar-refractivity contribution in [2.24, 2.45) is 0 Å². The van der Waals surface area contributed by atoms with Gasteiger partial charge in [0.05, 0.1) is 12.3 Å². The zero-order chi connectivity index (χ0) is 11.8. The fraction of sp³-hybridized carbons (Fsp3) is 0.625. The smallest absolute Gasteiger partial charge is 0.248 e. The normalized spacial score (nSPS) is 23.4. The molecule has 0 bridgehead atoms. The Balaban J connectivity index is 2.29. The van der Waals surface area contributed by atoms with E-state index in [4.69, 9.17) is 5.73 Å². The van der Waals surface area contributed by atoms with Crippen molar-refractivity contribution in [1.29, 1.82) is 0 Å². The molecule has 1 aliphatic heterocycles. The summed E-state index contributed by atoms with van der Waals surface area (Å²) in [4.78, 5) is -0.0263.